The van der Waals surface area contributed by atoms with Gasteiger partial charge in [0.2, 0.25) is 0 Å². The molecule has 1 unspecified atom stereocenters. The highest BCUT2D eigenvalue weighted by molar-refractivity contribution is 5.85. The molecule has 0 fully saturated rings. The summed E-state index contributed by atoms with van der Waals surface area (Å²) in [6, 6.07) is 10.3. The molecule has 0 aliphatic carbocycles. The van der Waals surface area contributed by atoms with Crippen molar-refractivity contribution in [1.82, 2.24) is 0 Å². The Balaban J connectivity index is 0.00000450. The van der Waals surface area contributed by atoms with Gasteiger partial charge in [0.25, 0.3) is 0 Å². The Kier molecular flexibility index (Phi) is 10.9. The molecule has 162 valence electrons. The number of unbranched alkanes of at least 4 members (excludes halogenated alkanes) is 1. The first-order valence-electron chi connectivity index (χ1n) is 9.84. The zero-order valence-electron chi connectivity index (χ0n) is 17.2. The molecule has 0 saturated carbocycles. The van der Waals surface area contributed by atoms with Crippen molar-refractivity contribution >= 4 is 18.4 Å². The summed E-state index contributed by atoms with van der Waals surface area (Å²) in [7, 11) is 0. The molecule has 0 aromatic heterocycles. The molecule has 2 aromatic rings. The first-order chi connectivity index (χ1) is 14.0. The maximum Gasteiger partial charge on any atom is 0.328 e. The van der Waals surface area contributed by atoms with Gasteiger partial charge in [0, 0.05) is 5.56 Å². The van der Waals surface area contributed by atoms with Gasteiger partial charge in [-0.3, -0.25) is 0 Å². The quantitative estimate of drug-likeness (QED) is 0.213. The Bertz CT molecular complexity index is 868. The minimum Gasteiger partial charge on any atom is -0.507 e. The molecular formula is C24H31ClN2O3. The van der Waals surface area contributed by atoms with Crippen molar-refractivity contribution in [2.45, 2.75) is 38.1 Å². The fourth-order valence-electron chi connectivity index (χ4n) is 3.08. The van der Waals surface area contributed by atoms with Gasteiger partial charge in [0.05, 0.1) is 0 Å². The first-order valence-corrected chi connectivity index (χ1v) is 9.84. The van der Waals surface area contributed by atoms with Crippen molar-refractivity contribution in [2.24, 2.45) is 11.5 Å². The highest BCUT2D eigenvalue weighted by Crippen LogP contribution is 2.34. The standard InChI is InChI=1S/C24H30N2O3.ClH/c1-3-7-17-10-12-22(27)20(15-17)18-11-13-23(19(16-18)8-4-2)29-24(28)21(26)9-5-6-14-25;/h3-4,10-13,15-16,21,27H,1-2,5-9,14,25-26H2;1H. The molecule has 0 saturated heterocycles. The molecule has 2 rings (SSSR count). The lowest BCUT2D eigenvalue weighted by Gasteiger charge is -2.15. The van der Waals surface area contributed by atoms with E-state index >= 15 is 0 Å². The Morgan fingerprint density at radius 2 is 1.83 bits per heavy atom. The van der Waals surface area contributed by atoms with Crippen molar-refractivity contribution < 1.29 is 14.6 Å². The second-order valence-electron chi connectivity index (χ2n) is 6.97. The maximum absolute atomic E-state index is 12.3. The third-order valence-electron chi connectivity index (χ3n) is 4.66. The highest BCUT2D eigenvalue weighted by Gasteiger charge is 2.18. The minimum atomic E-state index is -0.683. The number of carbonyl (C=O) groups excluding carboxylic acids is 1. The van der Waals surface area contributed by atoms with Gasteiger partial charge in [0.1, 0.15) is 17.5 Å². The van der Waals surface area contributed by atoms with E-state index in [-0.39, 0.29) is 18.2 Å². The van der Waals surface area contributed by atoms with E-state index in [0.29, 0.717) is 37.1 Å². The predicted molar refractivity (Wildman–Crippen MR) is 125 cm³/mol. The molecule has 2 aromatic carbocycles. The van der Waals surface area contributed by atoms with Crippen LogP contribution in [0.5, 0.6) is 11.5 Å². The van der Waals surface area contributed by atoms with Gasteiger partial charge in [-0.15, -0.1) is 25.6 Å². The van der Waals surface area contributed by atoms with E-state index in [4.69, 9.17) is 16.2 Å². The number of ether oxygens (including phenoxy) is 1. The number of hydrogen-bond donors (Lipinski definition) is 3. The second-order valence-corrected chi connectivity index (χ2v) is 6.97. The van der Waals surface area contributed by atoms with E-state index in [1.54, 1.807) is 18.2 Å². The van der Waals surface area contributed by atoms with E-state index in [2.05, 4.69) is 13.2 Å². The smallest absolute Gasteiger partial charge is 0.328 e. The van der Waals surface area contributed by atoms with Crippen molar-refractivity contribution in [1.29, 1.82) is 0 Å². The number of halogens is 1. The molecule has 30 heavy (non-hydrogen) atoms. The molecule has 5 N–H and O–H groups in total. The number of rotatable bonds is 11. The fraction of sp³-hybridized carbons (Fsp3) is 0.292. The SMILES string of the molecule is C=CCc1ccc(O)c(-c2ccc(OC(=O)C(N)CCCCN)c(CC=C)c2)c1.Cl. The predicted octanol–water partition coefficient (Wildman–Crippen LogP) is 4.30. The van der Waals surface area contributed by atoms with E-state index in [1.165, 1.54) is 0 Å². The van der Waals surface area contributed by atoms with Gasteiger partial charge < -0.3 is 21.3 Å². The number of hydrogen-bond acceptors (Lipinski definition) is 5. The van der Waals surface area contributed by atoms with Crippen LogP contribution in [-0.2, 0) is 17.6 Å². The second kappa shape index (κ2) is 12.9. The Labute approximate surface area is 184 Å². The van der Waals surface area contributed by atoms with Crippen LogP contribution >= 0.6 is 12.4 Å². The maximum atomic E-state index is 12.3. The van der Waals surface area contributed by atoms with Crippen LogP contribution in [0, 0.1) is 0 Å². The van der Waals surface area contributed by atoms with Gasteiger partial charge >= 0.3 is 5.97 Å². The Morgan fingerprint density at radius 1 is 1.10 bits per heavy atom. The van der Waals surface area contributed by atoms with Crippen molar-refractivity contribution in [3.05, 3.63) is 72.8 Å². The number of phenolic OH excluding ortho intramolecular Hbond substituents is 1. The molecular weight excluding hydrogens is 400 g/mol. The van der Waals surface area contributed by atoms with E-state index in [0.717, 1.165) is 29.5 Å². The van der Waals surface area contributed by atoms with Gasteiger partial charge in [-0.25, -0.2) is 4.79 Å². The van der Waals surface area contributed by atoms with Gasteiger partial charge in [-0.05, 0) is 73.2 Å². The van der Waals surface area contributed by atoms with Crippen LogP contribution < -0.4 is 16.2 Å². The minimum absolute atomic E-state index is 0. The fourth-order valence-corrected chi connectivity index (χ4v) is 3.08. The summed E-state index contributed by atoms with van der Waals surface area (Å²) in [5, 5.41) is 10.3. The van der Waals surface area contributed by atoms with Gasteiger partial charge in [0.15, 0.2) is 0 Å². The molecule has 1 atom stereocenters. The number of phenols is 1. The summed E-state index contributed by atoms with van der Waals surface area (Å²) in [6.07, 6.45) is 6.94. The molecule has 0 aliphatic rings. The molecule has 5 nitrogen and oxygen atoms in total. The summed E-state index contributed by atoms with van der Waals surface area (Å²) in [6.45, 7) is 8.12. The van der Waals surface area contributed by atoms with Crippen LogP contribution in [0.25, 0.3) is 11.1 Å². The normalized spacial score (nSPS) is 11.3. The third-order valence-corrected chi connectivity index (χ3v) is 4.66. The van der Waals surface area contributed by atoms with Gasteiger partial charge in [-0.2, -0.15) is 0 Å². The third kappa shape index (κ3) is 7.02. The molecule has 6 heteroatoms. The molecule has 0 aliphatic heterocycles. The number of allylic oxidation sites excluding steroid dienone is 2. The van der Waals surface area contributed by atoms with Crippen LogP contribution in [0.1, 0.15) is 30.4 Å². The van der Waals surface area contributed by atoms with E-state index in [9.17, 15) is 9.90 Å². The summed E-state index contributed by atoms with van der Waals surface area (Å²) in [5.41, 5.74) is 14.8. The van der Waals surface area contributed by atoms with Crippen LogP contribution in [0.15, 0.2) is 61.7 Å². The number of benzene rings is 2. The topological polar surface area (TPSA) is 98.6 Å². The molecule has 0 radical (unpaired) electrons. The van der Waals surface area contributed by atoms with Crippen molar-refractivity contribution in [3.8, 4) is 22.6 Å². The average Bonchev–Trinajstić information content (AvgIpc) is 2.71. The lowest BCUT2D eigenvalue weighted by Crippen LogP contribution is -2.34. The zero-order chi connectivity index (χ0) is 21.2. The first kappa shape index (κ1) is 25.4. The molecule has 0 amide bonds. The zero-order valence-corrected chi connectivity index (χ0v) is 18.0. The molecule has 0 bridgehead atoms. The van der Waals surface area contributed by atoms with Crippen LogP contribution in [-0.4, -0.2) is 23.7 Å². The summed E-state index contributed by atoms with van der Waals surface area (Å²) < 4.78 is 5.56. The van der Waals surface area contributed by atoms with Gasteiger partial charge in [-0.1, -0.05) is 30.7 Å². The monoisotopic (exact) mass is 430 g/mol. The lowest BCUT2D eigenvalue weighted by molar-refractivity contribution is -0.136. The largest absolute Gasteiger partial charge is 0.507 e. The van der Waals surface area contributed by atoms with Crippen LogP contribution in [0.3, 0.4) is 0 Å². The number of carbonyl (C=O) groups is 1. The van der Waals surface area contributed by atoms with E-state index < -0.39 is 12.0 Å². The van der Waals surface area contributed by atoms with Crippen LogP contribution in [0.4, 0.5) is 0 Å². The Hall–Kier alpha value is -2.60. The molecule has 0 spiro atoms. The highest BCUT2D eigenvalue weighted by atomic mass is 35.5. The van der Waals surface area contributed by atoms with Crippen molar-refractivity contribution in [2.75, 3.05) is 6.54 Å². The van der Waals surface area contributed by atoms with Crippen LogP contribution in [0.2, 0.25) is 0 Å². The summed E-state index contributed by atoms with van der Waals surface area (Å²) in [4.78, 5) is 12.3. The summed E-state index contributed by atoms with van der Waals surface area (Å²) >= 11 is 0. The van der Waals surface area contributed by atoms with E-state index in [1.807, 2.05) is 30.3 Å². The van der Waals surface area contributed by atoms with Crippen molar-refractivity contribution in [3.63, 3.8) is 0 Å². The average molecular weight is 431 g/mol. The lowest BCUT2D eigenvalue weighted by atomic mass is 9.97. The molecule has 0 heterocycles. The number of aromatic hydroxyl groups is 1. The summed E-state index contributed by atoms with van der Waals surface area (Å²) in [5.74, 6) is 0.180. The number of nitrogens with two attached hydrogens (primary N) is 2. The number of esters is 1. The Morgan fingerprint density at radius 3 is 2.50 bits per heavy atom.